The molecule has 3 aromatic heterocycles. The maximum absolute atomic E-state index is 4.95. The van der Waals surface area contributed by atoms with E-state index in [1.54, 1.807) is 12.4 Å². The molecule has 1 fully saturated rings. The van der Waals surface area contributed by atoms with Gasteiger partial charge in [0.05, 0.1) is 11.7 Å². The number of likely N-dealkylation sites (N-methyl/N-ethyl adjacent to an activating group) is 2. The molecule has 0 saturated heterocycles. The summed E-state index contributed by atoms with van der Waals surface area (Å²) in [5, 5.41) is 4.54. The fourth-order valence-corrected chi connectivity index (χ4v) is 3.93. The van der Waals surface area contributed by atoms with Crippen LogP contribution in [0.25, 0.3) is 22.3 Å². The van der Waals surface area contributed by atoms with E-state index in [0.29, 0.717) is 17.9 Å². The normalized spacial score (nSPS) is 20.2. The van der Waals surface area contributed by atoms with E-state index in [1.165, 1.54) is 25.7 Å². The van der Waals surface area contributed by atoms with Gasteiger partial charge in [-0.2, -0.15) is 0 Å². The standard InChI is InChI=1S/C20H24N6/c1-21-16-5-3-4-6-18(16)26(2)20-15-9-12-23-13-17(15)24-19(25-20)14-7-10-22-11-8-14/h7-13,16,18,21H,3-6H2,1-2H3/t16-,18-/m1/s1. The van der Waals surface area contributed by atoms with Crippen molar-refractivity contribution < 1.29 is 0 Å². The number of hydrogen-bond acceptors (Lipinski definition) is 6. The zero-order valence-electron chi connectivity index (χ0n) is 15.3. The van der Waals surface area contributed by atoms with E-state index in [2.05, 4.69) is 34.3 Å². The molecule has 26 heavy (non-hydrogen) atoms. The van der Waals surface area contributed by atoms with Gasteiger partial charge in [0.1, 0.15) is 5.82 Å². The van der Waals surface area contributed by atoms with Gasteiger partial charge in [0.25, 0.3) is 0 Å². The van der Waals surface area contributed by atoms with Crippen LogP contribution in [0.3, 0.4) is 0 Å². The molecule has 2 atom stereocenters. The third-order valence-corrected chi connectivity index (χ3v) is 5.35. The van der Waals surface area contributed by atoms with Crippen LogP contribution in [0.1, 0.15) is 25.7 Å². The second kappa shape index (κ2) is 7.33. The number of nitrogens with one attached hydrogen (secondary N) is 1. The van der Waals surface area contributed by atoms with E-state index in [9.17, 15) is 0 Å². The molecule has 1 saturated carbocycles. The Morgan fingerprint density at radius 3 is 2.58 bits per heavy atom. The summed E-state index contributed by atoms with van der Waals surface area (Å²) >= 11 is 0. The van der Waals surface area contributed by atoms with E-state index in [-0.39, 0.29) is 0 Å². The van der Waals surface area contributed by atoms with Crippen LogP contribution in [0, 0.1) is 0 Å². The summed E-state index contributed by atoms with van der Waals surface area (Å²) in [7, 11) is 4.21. The molecule has 0 amide bonds. The molecule has 0 aliphatic heterocycles. The maximum atomic E-state index is 4.95. The van der Waals surface area contributed by atoms with Crippen molar-refractivity contribution in [3.05, 3.63) is 43.0 Å². The van der Waals surface area contributed by atoms with Crippen LogP contribution in [0.4, 0.5) is 5.82 Å². The summed E-state index contributed by atoms with van der Waals surface area (Å²) in [6.45, 7) is 0. The minimum Gasteiger partial charge on any atom is -0.354 e. The first-order chi connectivity index (χ1) is 12.8. The highest BCUT2D eigenvalue weighted by atomic mass is 15.2. The van der Waals surface area contributed by atoms with Crippen molar-refractivity contribution in [1.29, 1.82) is 0 Å². The van der Waals surface area contributed by atoms with E-state index in [4.69, 9.17) is 9.97 Å². The molecule has 0 aromatic carbocycles. The summed E-state index contributed by atoms with van der Waals surface area (Å²) in [5.41, 5.74) is 1.84. The number of aromatic nitrogens is 4. The van der Waals surface area contributed by atoms with E-state index < -0.39 is 0 Å². The van der Waals surface area contributed by atoms with E-state index in [0.717, 1.165) is 22.3 Å². The zero-order chi connectivity index (χ0) is 17.9. The highest BCUT2D eigenvalue weighted by Gasteiger charge is 2.29. The van der Waals surface area contributed by atoms with Gasteiger partial charge < -0.3 is 10.2 Å². The largest absolute Gasteiger partial charge is 0.354 e. The lowest BCUT2D eigenvalue weighted by Crippen LogP contribution is -2.49. The molecule has 0 bridgehead atoms. The minimum absolute atomic E-state index is 0.422. The van der Waals surface area contributed by atoms with Crippen molar-refractivity contribution in [3.8, 4) is 11.4 Å². The molecular formula is C20H24N6. The Bertz CT molecular complexity index is 882. The molecule has 1 aliphatic carbocycles. The first-order valence-corrected chi connectivity index (χ1v) is 9.20. The van der Waals surface area contributed by atoms with Gasteiger partial charge in [-0.15, -0.1) is 0 Å². The molecule has 6 nitrogen and oxygen atoms in total. The second-order valence-electron chi connectivity index (χ2n) is 6.86. The van der Waals surface area contributed by atoms with Gasteiger partial charge in [-0.25, -0.2) is 9.97 Å². The topological polar surface area (TPSA) is 66.8 Å². The fraction of sp³-hybridized carbons (Fsp3) is 0.400. The van der Waals surface area contributed by atoms with E-state index in [1.807, 2.05) is 30.6 Å². The lowest BCUT2D eigenvalue weighted by Gasteiger charge is -2.39. The minimum atomic E-state index is 0.422. The number of nitrogens with zero attached hydrogens (tertiary/aromatic N) is 5. The molecule has 4 rings (SSSR count). The van der Waals surface area contributed by atoms with Gasteiger partial charge in [-0.3, -0.25) is 9.97 Å². The van der Waals surface area contributed by atoms with Crippen molar-refractivity contribution in [1.82, 2.24) is 25.3 Å². The molecule has 0 spiro atoms. The van der Waals surface area contributed by atoms with Gasteiger partial charge in [-0.1, -0.05) is 12.8 Å². The average Bonchev–Trinajstić information content (AvgIpc) is 2.73. The number of fused-ring (bicyclic) bond motifs is 1. The van der Waals surface area contributed by atoms with Crippen molar-refractivity contribution in [3.63, 3.8) is 0 Å². The van der Waals surface area contributed by atoms with Crippen LogP contribution >= 0.6 is 0 Å². The van der Waals surface area contributed by atoms with Crippen LogP contribution in [0.2, 0.25) is 0 Å². The van der Waals surface area contributed by atoms with Crippen LogP contribution in [-0.2, 0) is 0 Å². The third-order valence-electron chi connectivity index (χ3n) is 5.35. The number of rotatable bonds is 4. The molecule has 3 aromatic rings. The number of hydrogen-bond donors (Lipinski definition) is 1. The van der Waals surface area contributed by atoms with Crippen LogP contribution in [-0.4, -0.2) is 46.1 Å². The predicted octanol–water partition coefficient (Wildman–Crippen LogP) is 3.05. The van der Waals surface area contributed by atoms with Gasteiger partial charge in [-0.05, 0) is 38.1 Å². The Morgan fingerprint density at radius 1 is 1.00 bits per heavy atom. The molecule has 6 heteroatoms. The molecule has 0 unspecified atom stereocenters. The van der Waals surface area contributed by atoms with Crippen molar-refractivity contribution in [2.75, 3.05) is 19.0 Å². The monoisotopic (exact) mass is 348 g/mol. The second-order valence-corrected chi connectivity index (χ2v) is 6.86. The smallest absolute Gasteiger partial charge is 0.162 e. The molecule has 3 heterocycles. The lowest BCUT2D eigenvalue weighted by atomic mass is 9.89. The van der Waals surface area contributed by atoms with Gasteiger partial charge in [0.2, 0.25) is 0 Å². The van der Waals surface area contributed by atoms with Gasteiger partial charge in [0, 0.05) is 48.7 Å². The van der Waals surface area contributed by atoms with E-state index >= 15 is 0 Å². The fourth-order valence-electron chi connectivity index (χ4n) is 3.93. The first-order valence-electron chi connectivity index (χ1n) is 9.20. The molecular weight excluding hydrogens is 324 g/mol. The summed E-state index contributed by atoms with van der Waals surface area (Å²) < 4.78 is 0. The SMILES string of the molecule is CN[C@@H]1CCCC[C@H]1N(C)c1nc(-c2ccncc2)nc2cnccc12. The zero-order valence-corrected chi connectivity index (χ0v) is 15.3. The van der Waals surface area contributed by atoms with Crippen molar-refractivity contribution >= 4 is 16.7 Å². The Balaban J connectivity index is 1.82. The Morgan fingerprint density at radius 2 is 1.77 bits per heavy atom. The Labute approximate surface area is 153 Å². The quantitative estimate of drug-likeness (QED) is 0.782. The van der Waals surface area contributed by atoms with Crippen LogP contribution in [0.15, 0.2) is 43.0 Å². The number of pyridine rings is 2. The molecule has 1 N–H and O–H groups in total. The highest BCUT2D eigenvalue weighted by Crippen LogP contribution is 2.31. The number of anilines is 1. The molecule has 134 valence electrons. The highest BCUT2D eigenvalue weighted by molar-refractivity contribution is 5.90. The average molecular weight is 348 g/mol. The van der Waals surface area contributed by atoms with Crippen molar-refractivity contribution in [2.24, 2.45) is 0 Å². The summed E-state index contributed by atoms with van der Waals surface area (Å²) in [6, 6.07) is 6.79. The Kier molecular flexibility index (Phi) is 4.75. The lowest BCUT2D eigenvalue weighted by molar-refractivity contribution is 0.334. The van der Waals surface area contributed by atoms with Crippen LogP contribution in [0.5, 0.6) is 0 Å². The maximum Gasteiger partial charge on any atom is 0.162 e. The third kappa shape index (κ3) is 3.12. The molecule has 0 radical (unpaired) electrons. The predicted molar refractivity (Wildman–Crippen MR) is 104 cm³/mol. The summed E-state index contributed by atoms with van der Waals surface area (Å²) in [4.78, 5) is 20.4. The Hall–Kier alpha value is -2.60. The van der Waals surface area contributed by atoms with Crippen LogP contribution < -0.4 is 10.2 Å². The summed E-state index contributed by atoms with van der Waals surface area (Å²) in [6.07, 6.45) is 12.1. The van der Waals surface area contributed by atoms with Gasteiger partial charge >= 0.3 is 0 Å². The summed E-state index contributed by atoms with van der Waals surface area (Å²) in [5.74, 6) is 1.68. The first kappa shape index (κ1) is 16.8. The van der Waals surface area contributed by atoms with Crippen molar-refractivity contribution in [2.45, 2.75) is 37.8 Å². The molecule has 1 aliphatic rings. The van der Waals surface area contributed by atoms with Gasteiger partial charge in [0.15, 0.2) is 5.82 Å².